The highest BCUT2D eigenvalue weighted by Crippen LogP contribution is 2.42. The number of fused-ring (bicyclic) bond motifs is 1. The molecule has 0 fully saturated rings. The quantitative estimate of drug-likeness (QED) is 0.622. The van der Waals surface area contributed by atoms with E-state index in [1.807, 2.05) is 13.8 Å². The number of methoxy groups -OCH3 is 2. The van der Waals surface area contributed by atoms with Gasteiger partial charge < -0.3 is 9.47 Å². The summed E-state index contributed by atoms with van der Waals surface area (Å²) in [4.78, 5) is 24.7. The number of ether oxygens (including phenoxy) is 2. The summed E-state index contributed by atoms with van der Waals surface area (Å²) in [6.45, 7) is 8.06. The highest BCUT2D eigenvalue weighted by Gasteiger charge is 2.49. The lowest BCUT2D eigenvalue weighted by molar-refractivity contribution is -0.165. The van der Waals surface area contributed by atoms with Gasteiger partial charge in [0.05, 0.1) is 14.2 Å². The van der Waals surface area contributed by atoms with E-state index in [4.69, 9.17) is 9.47 Å². The monoisotopic (exact) mass is 302 g/mol. The highest BCUT2D eigenvalue weighted by molar-refractivity contribution is 6.05. The van der Waals surface area contributed by atoms with Crippen molar-refractivity contribution >= 4 is 17.5 Å². The normalized spacial score (nSPS) is 15.6. The number of carbonyl (C=O) groups is 2. The molecule has 118 valence electrons. The molecule has 4 nitrogen and oxygen atoms in total. The SMILES string of the molecule is COC(=O)C1(C(=O)OC)C=C(C)c2c(C)c(C)cc(C)c2C1. The van der Waals surface area contributed by atoms with E-state index in [0.29, 0.717) is 0 Å². The van der Waals surface area contributed by atoms with Crippen molar-refractivity contribution in [2.75, 3.05) is 14.2 Å². The molecular weight excluding hydrogens is 280 g/mol. The summed E-state index contributed by atoms with van der Waals surface area (Å²) in [6, 6.07) is 2.09. The first kappa shape index (κ1) is 16.3. The fourth-order valence-electron chi connectivity index (χ4n) is 3.38. The van der Waals surface area contributed by atoms with E-state index in [1.54, 1.807) is 6.08 Å². The summed E-state index contributed by atoms with van der Waals surface area (Å²) < 4.78 is 9.78. The summed E-state index contributed by atoms with van der Waals surface area (Å²) in [6.07, 6.45) is 1.96. The lowest BCUT2D eigenvalue weighted by Gasteiger charge is -2.33. The molecule has 0 unspecified atom stereocenters. The Morgan fingerprint density at radius 3 is 2.05 bits per heavy atom. The van der Waals surface area contributed by atoms with Crippen molar-refractivity contribution in [3.63, 3.8) is 0 Å². The molecule has 0 atom stereocenters. The molecular formula is C18H22O4. The Hall–Kier alpha value is -2.10. The van der Waals surface area contributed by atoms with Gasteiger partial charge in [0.1, 0.15) is 0 Å². The molecule has 1 aliphatic carbocycles. The molecule has 0 bridgehead atoms. The molecule has 0 aliphatic heterocycles. The molecule has 0 saturated carbocycles. The second-order valence-electron chi connectivity index (χ2n) is 5.95. The van der Waals surface area contributed by atoms with Crippen LogP contribution in [0.15, 0.2) is 12.1 Å². The average molecular weight is 302 g/mol. The third-order valence-electron chi connectivity index (χ3n) is 4.59. The topological polar surface area (TPSA) is 52.6 Å². The zero-order valence-corrected chi connectivity index (χ0v) is 14.0. The number of carbonyl (C=O) groups excluding carboxylic acids is 2. The van der Waals surface area contributed by atoms with Crippen molar-refractivity contribution in [1.29, 1.82) is 0 Å². The van der Waals surface area contributed by atoms with Crippen LogP contribution in [0, 0.1) is 26.2 Å². The zero-order chi connectivity index (χ0) is 16.7. The van der Waals surface area contributed by atoms with Crippen LogP contribution in [0.4, 0.5) is 0 Å². The van der Waals surface area contributed by atoms with Crippen LogP contribution in [-0.2, 0) is 25.5 Å². The maximum Gasteiger partial charge on any atom is 0.327 e. The number of hydrogen-bond donors (Lipinski definition) is 0. The minimum atomic E-state index is -1.40. The van der Waals surface area contributed by atoms with Gasteiger partial charge in [-0.1, -0.05) is 12.1 Å². The van der Waals surface area contributed by atoms with Crippen LogP contribution in [0.2, 0.25) is 0 Å². The van der Waals surface area contributed by atoms with Crippen LogP contribution < -0.4 is 0 Å². The van der Waals surface area contributed by atoms with E-state index in [1.165, 1.54) is 25.3 Å². The van der Waals surface area contributed by atoms with Gasteiger partial charge in [-0.15, -0.1) is 0 Å². The lowest BCUT2D eigenvalue weighted by Crippen LogP contribution is -2.43. The summed E-state index contributed by atoms with van der Waals surface area (Å²) >= 11 is 0. The summed E-state index contributed by atoms with van der Waals surface area (Å²) in [5, 5.41) is 0. The van der Waals surface area contributed by atoms with Crippen LogP contribution in [0.25, 0.3) is 5.57 Å². The number of aryl methyl sites for hydroxylation is 2. The molecule has 22 heavy (non-hydrogen) atoms. The summed E-state index contributed by atoms with van der Waals surface area (Å²) in [5.41, 5.74) is 5.10. The van der Waals surface area contributed by atoms with Gasteiger partial charge in [-0.25, -0.2) is 0 Å². The number of benzene rings is 1. The Bertz CT molecular complexity index is 667. The van der Waals surface area contributed by atoms with Gasteiger partial charge in [-0.3, -0.25) is 9.59 Å². The smallest absolute Gasteiger partial charge is 0.327 e. The summed E-state index contributed by atoms with van der Waals surface area (Å²) in [5.74, 6) is -1.16. The van der Waals surface area contributed by atoms with E-state index >= 15 is 0 Å². The van der Waals surface area contributed by atoms with Gasteiger partial charge >= 0.3 is 11.9 Å². The van der Waals surface area contributed by atoms with Crippen molar-refractivity contribution in [2.45, 2.75) is 34.1 Å². The fraction of sp³-hybridized carbons (Fsp3) is 0.444. The largest absolute Gasteiger partial charge is 0.468 e. The molecule has 2 rings (SSSR count). The van der Waals surface area contributed by atoms with Crippen LogP contribution in [0.1, 0.15) is 34.7 Å². The predicted molar refractivity (Wildman–Crippen MR) is 84.5 cm³/mol. The van der Waals surface area contributed by atoms with Crippen LogP contribution >= 0.6 is 0 Å². The standard InChI is InChI=1S/C18H22O4/c1-10-7-11(2)14-9-18(16(19)21-5,17(20)22-6)8-12(3)15(14)13(10)4/h7-8H,9H2,1-6H3. The van der Waals surface area contributed by atoms with Crippen molar-refractivity contribution < 1.29 is 19.1 Å². The number of rotatable bonds is 2. The van der Waals surface area contributed by atoms with Crippen molar-refractivity contribution in [2.24, 2.45) is 5.41 Å². The number of esters is 2. The Morgan fingerprint density at radius 1 is 1.00 bits per heavy atom. The first-order chi connectivity index (χ1) is 10.3. The van der Waals surface area contributed by atoms with Crippen molar-refractivity contribution in [1.82, 2.24) is 0 Å². The van der Waals surface area contributed by atoms with E-state index in [0.717, 1.165) is 22.3 Å². The first-order valence-electron chi connectivity index (χ1n) is 7.24. The van der Waals surface area contributed by atoms with E-state index in [-0.39, 0.29) is 6.42 Å². The molecule has 0 aromatic heterocycles. The number of allylic oxidation sites excluding steroid dienone is 1. The van der Waals surface area contributed by atoms with E-state index < -0.39 is 17.4 Å². The van der Waals surface area contributed by atoms with Gasteiger partial charge in [0.15, 0.2) is 5.41 Å². The molecule has 1 aromatic rings. The molecule has 0 saturated heterocycles. The Morgan fingerprint density at radius 2 is 1.55 bits per heavy atom. The van der Waals surface area contributed by atoms with Gasteiger partial charge in [0.2, 0.25) is 0 Å². The van der Waals surface area contributed by atoms with Crippen molar-refractivity contribution in [3.8, 4) is 0 Å². The predicted octanol–water partition coefficient (Wildman–Crippen LogP) is 2.90. The van der Waals surface area contributed by atoms with Gasteiger partial charge in [-0.05, 0) is 61.1 Å². The molecule has 0 heterocycles. The molecule has 4 heteroatoms. The second kappa shape index (κ2) is 5.59. The Labute approximate surface area is 131 Å². The molecule has 0 radical (unpaired) electrons. The van der Waals surface area contributed by atoms with Gasteiger partial charge in [0, 0.05) is 6.42 Å². The molecule has 0 amide bonds. The fourth-order valence-corrected chi connectivity index (χ4v) is 3.38. The molecule has 0 N–H and O–H groups in total. The van der Waals surface area contributed by atoms with Crippen LogP contribution in [-0.4, -0.2) is 26.2 Å². The van der Waals surface area contributed by atoms with Crippen molar-refractivity contribution in [3.05, 3.63) is 40.0 Å². The molecule has 0 spiro atoms. The number of hydrogen-bond acceptors (Lipinski definition) is 4. The van der Waals surface area contributed by atoms with Crippen LogP contribution in [0.5, 0.6) is 0 Å². The molecule has 1 aromatic carbocycles. The Balaban J connectivity index is 2.74. The third kappa shape index (κ3) is 2.23. The maximum atomic E-state index is 12.3. The first-order valence-corrected chi connectivity index (χ1v) is 7.24. The molecule has 1 aliphatic rings. The lowest BCUT2D eigenvalue weighted by atomic mass is 9.71. The maximum absolute atomic E-state index is 12.3. The van der Waals surface area contributed by atoms with Gasteiger partial charge in [0.25, 0.3) is 0 Å². The highest BCUT2D eigenvalue weighted by atomic mass is 16.5. The third-order valence-corrected chi connectivity index (χ3v) is 4.59. The van der Waals surface area contributed by atoms with Gasteiger partial charge in [-0.2, -0.15) is 0 Å². The van der Waals surface area contributed by atoms with Crippen LogP contribution in [0.3, 0.4) is 0 Å². The Kier molecular flexibility index (Phi) is 4.14. The van der Waals surface area contributed by atoms with E-state index in [2.05, 4.69) is 19.9 Å². The summed E-state index contributed by atoms with van der Waals surface area (Å²) in [7, 11) is 2.58. The zero-order valence-electron chi connectivity index (χ0n) is 14.0. The average Bonchev–Trinajstić information content (AvgIpc) is 2.50. The van der Waals surface area contributed by atoms with E-state index in [9.17, 15) is 9.59 Å². The minimum Gasteiger partial charge on any atom is -0.468 e. The second-order valence-corrected chi connectivity index (χ2v) is 5.95. The minimum absolute atomic E-state index is 0.270.